The molecule has 2 aliphatic rings. The van der Waals surface area contributed by atoms with E-state index in [9.17, 15) is 4.79 Å². The molecule has 3 heterocycles. The predicted molar refractivity (Wildman–Crippen MR) is 91.0 cm³/mol. The van der Waals surface area contributed by atoms with Crippen molar-refractivity contribution in [3.8, 4) is 0 Å². The maximum atomic E-state index is 12.7. The molecular weight excluding hydrogens is 306 g/mol. The lowest BCUT2D eigenvalue weighted by atomic mass is 9.98. The number of oxazole rings is 1. The van der Waals surface area contributed by atoms with Crippen molar-refractivity contribution in [2.24, 2.45) is 5.92 Å². The van der Waals surface area contributed by atoms with Crippen molar-refractivity contribution in [2.75, 3.05) is 44.3 Å². The van der Waals surface area contributed by atoms with Gasteiger partial charge in [0.05, 0.1) is 0 Å². The number of hydrogen-bond donors (Lipinski definition) is 0. The predicted octanol–water partition coefficient (Wildman–Crippen LogP) is 2.29. The quantitative estimate of drug-likeness (QED) is 0.846. The molecule has 2 saturated heterocycles. The lowest BCUT2D eigenvalue weighted by Crippen LogP contribution is -2.40. The van der Waals surface area contributed by atoms with Crippen LogP contribution in [-0.2, 0) is 9.53 Å². The van der Waals surface area contributed by atoms with Crippen LogP contribution in [0.5, 0.6) is 0 Å². The molecule has 0 saturated carbocycles. The molecule has 4 rings (SSSR count). The molecule has 0 bridgehead atoms. The van der Waals surface area contributed by atoms with Gasteiger partial charge in [0.1, 0.15) is 5.52 Å². The van der Waals surface area contributed by atoms with Crippen LogP contribution in [0, 0.1) is 5.92 Å². The van der Waals surface area contributed by atoms with E-state index in [1.807, 2.05) is 29.2 Å². The maximum absolute atomic E-state index is 12.7. The normalized spacial score (nSPS) is 20.3. The van der Waals surface area contributed by atoms with Gasteiger partial charge in [-0.05, 0) is 31.4 Å². The van der Waals surface area contributed by atoms with E-state index in [1.54, 1.807) is 0 Å². The highest BCUT2D eigenvalue weighted by molar-refractivity contribution is 5.79. The third-order valence-electron chi connectivity index (χ3n) is 4.93. The summed E-state index contributed by atoms with van der Waals surface area (Å²) in [7, 11) is 0. The smallest absolute Gasteiger partial charge is 0.298 e. The van der Waals surface area contributed by atoms with Crippen LogP contribution in [0.1, 0.15) is 19.3 Å². The first kappa shape index (κ1) is 15.4. The van der Waals surface area contributed by atoms with Gasteiger partial charge in [-0.1, -0.05) is 12.1 Å². The molecule has 0 N–H and O–H groups in total. The third-order valence-corrected chi connectivity index (χ3v) is 4.93. The van der Waals surface area contributed by atoms with Crippen molar-refractivity contribution in [3.05, 3.63) is 24.3 Å². The van der Waals surface area contributed by atoms with E-state index in [0.717, 1.165) is 56.5 Å². The highest BCUT2D eigenvalue weighted by atomic mass is 16.5. The van der Waals surface area contributed by atoms with E-state index in [-0.39, 0.29) is 11.8 Å². The molecule has 0 atom stereocenters. The zero-order valence-corrected chi connectivity index (χ0v) is 13.8. The largest absolute Gasteiger partial charge is 0.423 e. The van der Waals surface area contributed by atoms with Gasteiger partial charge in [0.2, 0.25) is 5.91 Å². The highest BCUT2D eigenvalue weighted by Gasteiger charge is 2.28. The van der Waals surface area contributed by atoms with Gasteiger partial charge < -0.3 is 19.0 Å². The summed E-state index contributed by atoms with van der Waals surface area (Å²) < 4.78 is 11.2. The molecule has 1 aromatic heterocycles. The molecule has 6 heteroatoms. The van der Waals surface area contributed by atoms with Gasteiger partial charge >= 0.3 is 0 Å². The van der Waals surface area contributed by atoms with E-state index in [4.69, 9.17) is 9.15 Å². The summed E-state index contributed by atoms with van der Waals surface area (Å²) in [5.41, 5.74) is 1.69. The summed E-state index contributed by atoms with van der Waals surface area (Å²) in [5.74, 6) is 0.423. The Balaban J connectivity index is 1.43. The molecule has 128 valence electrons. The first-order valence-corrected chi connectivity index (χ1v) is 8.78. The van der Waals surface area contributed by atoms with Crippen LogP contribution in [0.2, 0.25) is 0 Å². The third kappa shape index (κ3) is 3.11. The monoisotopic (exact) mass is 329 g/mol. The Morgan fingerprint density at radius 1 is 1.08 bits per heavy atom. The van der Waals surface area contributed by atoms with Crippen LogP contribution in [0.4, 0.5) is 6.01 Å². The van der Waals surface area contributed by atoms with Crippen LogP contribution < -0.4 is 4.90 Å². The fourth-order valence-corrected chi connectivity index (χ4v) is 3.53. The number of ether oxygens (including phenoxy) is 1. The Kier molecular flexibility index (Phi) is 4.38. The van der Waals surface area contributed by atoms with Crippen molar-refractivity contribution >= 4 is 23.0 Å². The zero-order chi connectivity index (χ0) is 16.4. The fraction of sp³-hybridized carbons (Fsp3) is 0.556. The van der Waals surface area contributed by atoms with Crippen LogP contribution >= 0.6 is 0 Å². The van der Waals surface area contributed by atoms with Crippen LogP contribution in [0.3, 0.4) is 0 Å². The average Bonchev–Trinajstić information content (AvgIpc) is 2.91. The van der Waals surface area contributed by atoms with E-state index in [0.29, 0.717) is 19.2 Å². The van der Waals surface area contributed by atoms with Crippen molar-refractivity contribution in [3.63, 3.8) is 0 Å². The Hall–Kier alpha value is -2.08. The molecule has 0 unspecified atom stereocenters. The number of hydrogen-bond acceptors (Lipinski definition) is 5. The zero-order valence-electron chi connectivity index (χ0n) is 13.8. The Morgan fingerprint density at radius 3 is 2.75 bits per heavy atom. The van der Waals surface area contributed by atoms with E-state index < -0.39 is 0 Å². The lowest BCUT2D eigenvalue weighted by Gasteiger charge is -2.28. The summed E-state index contributed by atoms with van der Waals surface area (Å²) in [4.78, 5) is 21.4. The summed E-state index contributed by atoms with van der Waals surface area (Å²) >= 11 is 0. The fourth-order valence-electron chi connectivity index (χ4n) is 3.53. The number of carbonyl (C=O) groups is 1. The van der Waals surface area contributed by atoms with E-state index in [2.05, 4.69) is 9.88 Å². The molecule has 1 aromatic carbocycles. The van der Waals surface area contributed by atoms with Crippen LogP contribution in [0.25, 0.3) is 11.1 Å². The summed E-state index contributed by atoms with van der Waals surface area (Å²) in [6.45, 7) is 4.59. The second-order valence-corrected chi connectivity index (χ2v) is 6.52. The van der Waals surface area contributed by atoms with Crippen molar-refractivity contribution in [2.45, 2.75) is 19.3 Å². The molecular formula is C18H23N3O3. The molecule has 24 heavy (non-hydrogen) atoms. The molecule has 2 fully saturated rings. The number of anilines is 1. The number of amides is 1. The van der Waals surface area contributed by atoms with Crippen LogP contribution in [-0.4, -0.2) is 55.2 Å². The number of fused-ring (bicyclic) bond motifs is 1. The molecule has 0 spiro atoms. The Bertz CT molecular complexity index is 675. The second kappa shape index (κ2) is 6.81. The standard InChI is InChI=1S/C18H23N3O3/c22-17(14-6-12-23-13-7-14)20-8-3-9-21(11-10-20)18-19-15-4-1-2-5-16(15)24-18/h1-2,4-5,14H,3,6-13H2. The Morgan fingerprint density at radius 2 is 1.92 bits per heavy atom. The van der Waals surface area contributed by atoms with Gasteiger partial charge in [-0.25, -0.2) is 0 Å². The number of nitrogens with zero attached hydrogens (tertiary/aromatic N) is 3. The van der Waals surface area contributed by atoms with Gasteiger partial charge in [-0.15, -0.1) is 0 Å². The number of benzene rings is 1. The minimum Gasteiger partial charge on any atom is -0.423 e. The summed E-state index contributed by atoms with van der Waals surface area (Å²) in [6.07, 6.45) is 2.64. The number of rotatable bonds is 2. The first-order valence-electron chi connectivity index (χ1n) is 8.78. The molecule has 0 aliphatic carbocycles. The molecule has 2 aromatic rings. The van der Waals surface area contributed by atoms with Gasteiger partial charge in [-0.3, -0.25) is 4.79 Å². The second-order valence-electron chi connectivity index (χ2n) is 6.52. The minimum atomic E-state index is 0.134. The van der Waals surface area contributed by atoms with E-state index >= 15 is 0 Å². The highest BCUT2D eigenvalue weighted by Crippen LogP contribution is 2.24. The van der Waals surface area contributed by atoms with Gasteiger partial charge in [0.25, 0.3) is 6.01 Å². The lowest BCUT2D eigenvalue weighted by molar-refractivity contribution is -0.138. The molecule has 6 nitrogen and oxygen atoms in total. The molecule has 0 radical (unpaired) electrons. The Labute approximate surface area is 141 Å². The topological polar surface area (TPSA) is 58.8 Å². The number of para-hydroxylation sites is 2. The average molecular weight is 329 g/mol. The number of carbonyl (C=O) groups excluding carboxylic acids is 1. The summed E-state index contributed by atoms with van der Waals surface area (Å²) in [6, 6.07) is 8.47. The van der Waals surface area contributed by atoms with Crippen molar-refractivity contribution in [1.29, 1.82) is 0 Å². The molecule has 1 amide bonds. The molecule has 2 aliphatic heterocycles. The summed E-state index contributed by atoms with van der Waals surface area (Å²) in [5, 5.41) is 0. The SMILES string of the molecule is O=C(C1CCOCC1)N1CCCN(c2nc3ccccc3o2)CC1. The first-order chi connectivity index (χ1) is 11.8. The number of aromatic nitrogens is 1. The van der Waals surface area contributed by atoms with Gasteiger partial charge in [0.15, 0.2) is 5.58 Å². The van der Waals surface area contributed by atoms with Gasteiger partial charge in [0, 0.05) is 45.3 Å². The van der Waals surface area contributed by atoms with E-state index in [1.165, 1.54) is 0 Å². The maximum Gasteiger partial charge on any atom is 0.298 e. The van der Waals surface area contributed by atoms with Crippen molar-refractivity contribution < 1.29 is 13.9 Å². The van der Waals surface area contributed by atoms with Crippen LogP contribution in [0.15, 0.2) is 28.7 Å². The van der Waals surface area contributed by atoms with Gasteiger partial charge in [-0.2, -0.15) is 4.98 Å². The minimum absolute atomic E-state index is 0.134. The van der Waals surface area contributed by atoms with Crippen molar-refractivity contribution in [1.82, 2.24) is 9.88 Å².